The van der Waals surface area contributed by atoms with Gasteiger partial charge in [0.1, 0.15) is 24.4 Å². The minimum absolute atomic E-state index is 0.0983. The lowest BCUT2D eigenvalue weighted by Gasteiger charge is -2.49. The van der Waals surface area contributed by atoms with Gasteiger partial charge >= 0.3 is 0 Å². The third kappa shape index (κ3) is 3.67. The van der Waals surface area contributed by atoms with Crippen LogP contribution in [0.25, 0.3) is 0 Å². The van der Waals surface area contributed by atoms with E-state index in [0.717, 1.165) is 0 Å². The van der Waals surface area contributed by atoms with Crippen LogP contribution in [0.3, 0.4) is 0 Å². The molecule has 2 saturated heterocycles. The largest absolute Gasteiger partial charge is 0.394 e. The monoisotopic (exact) mass is 426 g/mol. The molecule has 2 unspecified atom stereocenters. The number of alkyl halides is 2. The quantitative estimate of drug-likeness (QED) is 0.734. The zero-order valence-corrected chi connectivity index (χ0v) is 16.3. The Labute approximate surface area is 172 Å². The van der Waals surface area contributed by atoms with E-state index in [4.69, 9.17) is 42.1 Å². The number of fused-ring (bicyclic) bond motifs is 2. The molecule has 6 atom stereocenters. The molecule has 2 heterocycles. The molecule has 2 aliphatic heterocycles. The summed E-state index contributed by atoms with van der Waals surface area (Å²) >= 11 is 13.2. The third-order valence-corrected chi connectivity index (χ3v) is 5.64. The summed E-state index contributed by atoms with van der Waals surface area (Å²) in [5, 5.41) is 17.3. The molecule has 0 spiro atoms. The number of aliphatic hydroxyl groups is 2. The van der Waals surface area contributed by atoms with Crippen molar-refractivity contribution in [3.8, 4) is 0 Å². The summed E-state index contributed by atoms with van der Waals surface area (Å²) in [4.78, 5) is 0. The second-order valence-electron chi connectivity index (χ2n) is 6.68. The Balaban J connectivity index is 1.68. The fraction of sp³-hybridized carbons (Fsp3) is 0.400. The van der Waals surface area contributed by atoms with E-state index >= 15 is 0 Å². The van der Waals surface area contributed by atoms with Crippen LogP contribution in [-0.4, -0.2) is 47.8 Å². The normalized spacial score (nSPS) is 38.4. The van der Waals surface area contributed by atoms with Gasteiger partial charge in [0.05, 0.1) is 13.2 Å². The number of benzene rings is 2. The van der Waals surface area contributed by atoms with E-state index in [2.05, 4.69) is 0 Å². The highest BCUT2D eigenvalue weighted by Crippen LogP contribution is 2.45. The first kappa shape index (κ1) is 20.1. The average molecular weight is 427 g/mol. The van der Waals surface area contributed by atoms with Gasteiger partial charge in [0.25, 0.3) is 10.5 Å². The molecule has 2 fully saturated rings. The van der Waals surface area contributed by atoms with Crippen molar-refractivity contribution in [2.24, 2.45) is 0 Å². The molecule has 0 radical (unpaired) electrons. The number of halogens is 2. The van der Waals surface area contributed by atoms with E-state index < -0.39 is 41.5 Å². The zero-order chi connectivity index (χ0) is 19.8. The van der Waals surface area contributed by atoms with E-state index in [1.807, 2.05) is 12.1 Å². The van der Waals surface area contributed by atoms with Crippen LogP contribution in [0.2, 0.25) is 0 Å². The number of hydrogen-bond donors (Lipinski definition) is 2. The topological polar surface area (TPSA) is 77.4 Å². The second-order valence-corrected chi connectivity index (χ2v) is 7.68. The van der Waals surface area contributed by atoms with E-state index in [1.54, 1.807) is 48.5 Å². The number of rotatable bonds is 3. The summed E-state index contributed by atoms with van der Waals surface area (Å²) < 4.78 is 23.5. The number of hydrogen-bond acceptors (Lipinski definition) is 6. The summed E-state index contributed by atoms with van der Waals surface area (Å²) in [6.07, 6.45) is -3.99. The second kappa shape index (κ2) is 7.89. The van der Waals surface area contributed by atoms with Gasteiger partial charge in [-0.2, -0.15) is 0 Å². The Morgan fingerprint density at radius 3 is 2.00 bits per heavy atom. The smallest absolute Gasteiger partial charge is 0.277 e. The predicted octanol–water partition coefficient (Wildman–Crippen LogP) is 2.64. The fourth-order valence-corrected chi connectivity index (χ4v) is 4.01. The first-order valence-electron chi connectivity index (χ1n) is 8.90. The van der Waals surface area contributed by atoms with Crippen LogP contribution in [0.4, 0.5) is 0 Å². The van der Waals surface area contributed by atoms with Gasteiger partial charge in [-0.05, 0) is 0 Å². The lowest BCUT2D eigenvalue weighted by Crippen LogP contribution is -2.62. The van der Waals surface area contributed by atoms with Gasteiger partial charge < -0.3 is 29.2 Å². The first-order chi connectivity index (χ1) is 13.5. The minimum atomic E-state index is -1.67. The summed E-state index contributed by atoms with van der Waals surface area (Å²) in [7, 11) is 0. The molecule has 2 aromatic rings. The fourth-order valence-electron chi connectivity index (χ4n) is 3.37. The van der Waals surface area contributed by atoms with Gasteiger partial charge in [-0.15, -0.1) is 0 Å². The van der Waals surface area contributed by atoms with Crippen LogP contribution >= 0.6 is 23.2 Å². The highest BCUT2D eigenvalue weighted by Gasteiger charge is 2.54. The van der Waals surface area contributed by atoms with E-state index in [1.165, 1.54) is 0 Å². The molecule has 2 aliphatic rings. The van der Waals surface area contributed by atoms with E-state index in [-0.39, 0.29) is 6.61 Å². The Kier molecular flexibility index (Phi) is 5.66. The number of aliphatic hydroxyl groups excluding tert-OH is 2. The maximum absolute atomic E-state index is 10.7. The summed E-state index contributed by atoms with van der Waals surface area (Å²) in [6.45, 7) is -0.570. The molecule has 6 nitrogen and oxygen atoms in total. The molecule has 4 rings (SSSR count). The zero-order valence-electron chi connectivity index (χ0n) is 14.8. The first-order valence-corrected chi connectivity index (χ1v) is 9.66. The molecule has 0 aromatic heterocycles. The van der Waals surface area contributed by atoms with Gasteiger partial charge in [0.15, 0.2) is 0 Å². The van der Waals surface area contributed by atoms with Crippen molar-refractivity contribution in [1.82, 2.24) is 0 Å². The number of ether oxygens (including phenoxy) is 4. The molecule has 0 amide bonds. The van der Waals surface area contributed by atoms with Crippen molar-refractivity contribution in [2.45, 2.75) is 34.9 Å². The van der Waals surface area contributed by atoms with Gasteiger partial charge in [-0.1, -0.05) is 83.9 Å². The molecule has 8 heteroatoms. The summed E-state index contributed by atoms with van der Waals surface area (Å²) in [6, 6.07) is 17.8. The maximum Gasteiger partial charge on any atom is 0.277 e. The van der Waals surface area contributed by atoms with Crippen LogP contribution in [-0.2, 0) is 29.4 Å². The highest BCUT2D eigenvalue weighted by atomic mass is 35.5. The van der Waals surface area contributed by atoms with Crippen molar-refractivity contribution < 1.29 is 29.2 Å². The van der Waals surface area contributed by atoms with Crippen molar-refractivity contribution in [2.75, 3.05) is 13.2 Å². The highest BCUT2D eigenvalue weighted by molar-refractivity contribution is 6.22. The van der Waals surface area contributed by atoms with Crippen LogP contribution in [0, 0.1) is 0 Å². The standard InChI is InChI=1S/C20H20Cl2O6/c21-19(13-7-3-1-4-8-13)25-12-16-17(24)18(15(11-23)26-19)28-20(22,27-16)14-9-5-2-6-10-14/h1-10,15-18,23-24H,11-12H2/t15-,16+,17-,18-,19?,20?/m1/s1. The molecule has 2 aromatic carbocycles. The lowest BCUT2D eigenvalue weighted by atomic mass is 10.00. The molecule has 2 bridgehead atoms. The van der Waals surface area contributed by atoms with Crippen LogP contribution in [0.5, 0.6) is 0 Å². The van der Waals surface area contributed by atoms with Gasteiger partial charge in [0.2, 0.25) is 0 Å². The Morgan fingerprint density at radius 2 is 1.43 bits per heavy atom. The van der Waals surface area contributed by atoms with Gasteiger partial charge in [-0.3, -0.25) is 0 Å². The molecule has 0 aliphatic carbocycles. The molecule has 0 saturated carbocycles. The van der Waals surface area contributed by atoms with E-state index in [0.29, 0.717) is 11.1 Å². The van der Waals surface area contributed by atoms with Crippen molar-refractivity contribution in [3.05, 3.63) is 71.8 Å². The van der Waals surface area contributed by atoms with Crippen LogP contribution in [0.15, 0.2) is 60.7 Å². The van der Waals surface area contributed by atoms with Gasteiger partial charge in [-0.25, -0.2) is 0 Å². The molecule has 28 heavy (non-hydrogen) atoms. The molecule has 2 N–H and O–H groups in total. The summed E-state index contributed by atoms with van der Waals surface area (Å²) in [5.74, 6) is 0. The van der Waals surface area contributed by atoms with Crippen molar-refractivity contribution >= 4 is 23.2 Å². The molecule has 150 valence electrons. The maximum atomic E-state index is 10.7. The van der Waals surface area contributed by atoms with E-state index in [9.17, 15) is 10.2 Å². The SMILES string of the molecule is OC[C@H]1OC(Cl)(c2ccccc2)OC[C@@H]2OC(Cl)(c3ccccc3)O[C@H]1[C@@H]2O. The summed E-state index contributed by atoms with van der Waals surface area (Å²) in [5.41, 5.74) is 1.10. The van der Waals surface area contributed by atoms with Crippen molar-refractivity contribution in [3.63, 3.8) is 0 Å². The van der Waals surface area contributed by atoms with Crippen LogP contribution in [0.1, 0.15) is 11.1 Å². The average Bonchev–Trinajstić information content (AvgIpc) is 2.73. The minimum Gasteiger partial charge on any atom is -0.394 e. The Morgan fingerprint density at radius 1 is 0.857 bits per heavy atom. The Hall–Kier alpha value is -1.22. The Bertz CT molecular complexity index is 750. The van der Waals surface area contributed by atoms with Gasteiger partial charge in [0, 0.05) is 11.1 Å². The third-order valence-electron chi connectivity index (χ3n) is 4.83. The predicted molar refractivity (Wildman–Crippen MR) is 102 cm³/mol. The van der Waals surface area contributed by atoms with Crippen LogP contribution < -0.4 is 0 Å². The lowest BCUT2D eigenvalue weighted by molar-refractivity contribution is -0.377. The molecular weight excluding hydrogens is 407 g/mol. The molecular formula is C20H20Cl2O6. The van der Waals surface area contributed by atoms with Crippen molar-refractivity contribution in [1.29, 1.82) is 0 Å².